The standard InChI is InChI=1S/C5H8O4.Na/c1-2-3(4(6)7)5(8)9;/h3H,2H2,1H3,(H,6,7)(H,8,9);/q;+1/p-1. The van der Waals surface area contributed by atoms with Crippen molar-refractivity contribution in [3.63, 3.8) is 0 Å². The Morgan fingerprint density at radius 3 is 2.00 bits per heavy atom. The average molecular weight is 154 g/mol. The van der Waals surface area contributed by atoms with E-state index >= 15 is 0 Å². The van der Waals surface area contributed by atoms with Crippen molar-refractivity contribution in [1.82, 2.24) is 0 Å². The van der Waals surface area contributed by atoms with Gasteiger partial charge < -0.3 is 15.0 Å². The van der Waals surface area contributed by atoms with Crippen LogP contribution in [0.3, 0.4) is 0 Å². The van der Waals surface area contributed by atoms with Crippen molar-refractivity contribution in [2.75, 3.05) is 0 Å². The maximum Gasteiger partial charge on any atom is 1.00 e. The summed E-state index contributed by atoms with van der Waals surface area (Å²) in [6.45, 7) is 1.48. The van der Waals surface area contributed by atoms with Crippen molar-refractivity contribution in [3.05, 3.63) is 0 Å². The number of carbonyl (C=O) groups excluding carboxylic acids is 1. The van der Waals surface area contributed by atoms with Crippen LogP contribution in [-0.2, 0) is 9.59 Å². The normalized spacial score (nSPS) is 11.3. The number of hydrogen-bond donors (Lipinski definition) is 1. The average Bonchev–Trinajstić information content (AvgIpc) is 1.64. The molecule has 5 heteroatoms. The summed E-state index contributed by atoms with van der Waals surface area (Å²) in [4.78, 5) is 19.8. The Balaban J connectivity index is 0. The molecule has 0 aliphatic heterocycles. The van der Waals surface area contributed by atoms with E-state index in [2.05, 4.69) is 0 Å². The van der Waals surface area contributed by atoms with E-state index < -0.39 is 17.9 Å². The molecule has 1 atom stereocenters. The van der Waals surface area contributed by atoms with Gasteiger partial charge in [-0.1, -0.05) is 6.92 Å². The summed E-state index contributed by atoms with van der Waals surface area (Å²) < 4.78 is 0. The molecule has 0 aromatic carbocycles. The Morgan fingerprint density at radius 1 is 1.60 bits per heavy atom. The summed E-state index contributed by atoms with van der Waals surface area (Å²) in [6, 6.07) is 0. The van der Waals surface area contributed by atoms with E-state index in [1.165, 1.54) is 6.92 Å². The molecule has 0 aliphatic carbocycles. The maximum atomic E-state index is 9.95. The number of hydrogen-bond acceptors (Lipinski definition) is 3. The molecule has 0 rings (SSSR count). The second-order valence-electron chi connectivity index (χ2n) is 1.62. The first-order valence-corrected chi connectivity index (χ1v) is 2.53. The van der Waals surface area contributed by atoms with E-state index in [1.54, 1.807) is 0 Å². The molecule has 1 N–H and O–H groups in total. The molecule has 0 aromatic heterocycles. The van der Waals surface area contributed by atoms with Gasteiger partial charge in [0.1, 0.15) is 0 Å². The van der Waals surface area contributed by atoms with E-state index in [1.807, 2.05) is 0 Å². The van der Waals surface area contributed by atoms with Crippen LogP contribution in [0, 0.1) is 5.92 Å². The molecule has 52 valence electrons. The van der Waals surface area contributed by atoms with Crippen LogP contribution >= 0.6 is 0 Å². The summed E-state index contributed by atoms with van der Waals surface area (Å²) in [5, 5.41) is 18.0. The molecule has 0 radical (unpaired) electrons. The minimum Gasteiger partial charge on any atom is -0.549 e. The Bertz CT molecular complexity index is 120. The van der Waals surface area contributed by atoms with E-state index in [9.17, 15) is 14.7 Å². The topological polar surface area (TPSA) is 77.4 Å². The molecular weight excluding hydrogens is 147 g/mol. The monoisotopic (exact) mass is 154 g/mol. The van der Waals surface area contributed by atoms with E-state index in [4.69, 9.17) is 5.11 Å². The Morgan fingerprint density at radius 2 is 2.00 bits per heavy atom. The van der Waals surface area contributed by atoms with Crippen LogP contribution in [0.25, 0.3) is 0 Å². The smallest absolute Gasteiger partial charge is 0.549 e. The second-order valence-corrected chi connectivity index (χ2v) is 1.62. The maximum absolute atomic E-state index is 9.95. The fourth-order valence-electron chi connectivity index (χ4n) is 0.442. The second kappa shape index (κ2) is 5.70. The SMILES string of the molecule is CCC(C(=O)[O-])C(=O)O.[Na+]. The Hall–Kier alpha value is -0.0600. The zero-order chi connectivity index (χ0) is 7.44. The molecule has 0 fully saturated rings. The first-order chi connectivity index (χ1) is 4.09. The summed E-state index contributed by atoms with van der Waals surface area (Å²) in [6.07, 6.45) is 0.0671. The molecule has 10 heavy (non-hydrogen) atoms. The Kier molecular flexibility index (Phi) is 7.19. The summed E-state index contributed by atoms with van der Waals surface area (Å²) in [7, 11) is 0. The molecule has 0 saturated carbocycles. The largest absolute Gasteiger partial charge is 1.00 e. The molecule has 0 amide bonds. The van der Waals surface area contributed by atoms with Gasteiger partial charge in [0.2, 0.25) is 0 Å². The van der Waals surface area contributed by atoms with Crippen molar-refractivity contribution in [1.29, 1.82) is 0 Å². The molecule has 0 saturated heterocycles. The van der Waals surface area contributed by atoms with E-state index in [0.717, 1.165) is 0 Å². The number of aliphatic carboxylic acids is 2. The van der Waals surface area contributed by atoms with Crippen LogP contribution < -0.4 is 34.7 Å². The fourth-order valence-corrected chi connectivity index (χ4v) is 0.442. The first-order valence-electron chi connectivity index (χ1n) is 2.53. The summed E-state index contributed by atoms with van der Waals surface area (Å²) in [5.41, 5.74) is 0. The molecule has 4 nitrogen and oxygen atoms in total. The van der Waals surface area contributed by atoms with Gasteiger partial charge in [-0.15, -0.1) is 0 Å². The van der Waals surface area contributed by atoms with E-state index in [0.29, 0.717) is 0 Å². The minimum atomic E-state index is -1.52. The van der Waals surface area contributed by atoms with Crippen LogP contribution in [0.4, 0.5) is 0 Å². The van der Waals surface area contributed by atoms with Crippen molar-refractivity contribution in [2.24, 2.45) is 5.92 Å². The quantitative estimate of drug-likeness (QED) is 0.330. The first kappa shape index (κ1) is 12.6. The van der Waals surface area contributed by atoms with Crippen LogP contribution in [0.2, 0.25) is 0 Å². The van der Waals surface area contributed by atoms with Crippen molar-refractivity contribution >= 4 is 11.9 Å². The minimum absolute atomic E-state index is 0. The van der Waals surface area contributed by atoms with Gasteiger partial charge in [0.15, 0.2) is 0 Å². The van der Waals surface area contributed by atoms with Crippen LogP contribution in [0.5, 0.6) is 0 Å². The van der Waals surface area contributed by atoms with Crippen LogP contribution in [-0.4, -0.2) is 17.0 Å². The van der Waals surface area contributed by atoms with Gasteiger partial charge in [0, 0.05) is 0 Å². The molecular formula is C5H7NaO4. The van der Waals surface area contributed by atoms with Crippen molar-refractivity contribution in [2.45, 2.75) is 13.3 Å². The predicted molar refractivity (Wildman–Crippen MR) is 26.4 cm³/mol. The van der Waals surface area contributed by atoms with Crippen LogP contribution in [0.1, 0.15) is 13.3 Å². The molecule has 0 heterocycles. The number of carbonyl (C=O) groups is 2. The third-order valence-corrected chi connectivity index (χ3v) is 0.991. The number of carboxylic acid groups (broad SMARTS) is 2. The van der Waals surface area contributed by atoms with E-state index in [-0.39, 0.29) is 36.0 Å². The number of carboxylic acids is 2. The van der Waals surface area contributed by atoms with Gasteiger partial charge in [0.05, 0.1) is 11.9 Å². The zero-order valence-corrected chi connectivity index (χ0v) is 7.96. The van der Waals surface area contributed by atoms with Crippen molar-refractivity contribution in [3.8, 4) is 0 Å². The molecule has 0 spiro atoms. The van der Waals surface area contributed by atoms with Crippen molar-refractivity contribution < 1.29 is 49.4 Å². The van der Waals surface area contributed by atoms with Gasteiger partial charge in [-0.3, -0.25) is 4.79 Å². The molecule has 0 aliphatic rings. The van der Waals surface area contributed by atoms with Gasteiger partial charge in [-0.05, 0) is 6.42 Å². The van der Waals surface area contributed by atoms with Crippen LogP contribution in [0.15, 0.2) is 0 Å². The van der Waals surface area contributed by atoms with Gasteiger partial charge >= 0.3 is 35.5 Å². The van der Waals surface area contributed by atoms with Gasteiger partial charge in [0.25, 0.3) is 0 Å². The number of rotatable bonds is 3. The molecule has 0 aromatic rings. The molecule has 0 bridgehead atoms. The third-order valence-electron chi connectivity index (χ3n) is 0.991. The van der Waals surface area contributed by atoms with Gasteiger partial charge in [-0.2, -0.15) is 0 Å². The summed E-state index contributed by atoms with van der Waals surface area (Å²) in [5.74, 6) is -4.22. The zero-order valence-electron chi connectivity index (χ0n) is 5.96. The third kappa shape index (κ3) is 3.87. The van der Waals surface area contributed by atoms with Gasteiger partial charge in [-0.25, -0.2) is 0 Å². The predicted octanol–water partition coefficient (Wildman–Crippen LogP) is -4.15. The molecule has 1 unspecified atom stereocenters. The summed E-state index contributed by atoms with van der Waals surface area (Å²) >= 11 is 0. The fraction of sp³-hybridized carbons (Fsp3) is 0.600. The Labute approximate surface area is 80.5 Å².